The van der Waals surface area contributed by atoms with Crippen LogP contribution in [0.4, 0.5) is 0 Å². The van der Waals surface area contributed by atoms with E-state index in [0.717, 1.165) is 43.8 Å². The highest BCUT2D eigenvalue weighted by molar-refractivity contribution is 7.80. The van der Waals surface area contributed by atoms with Crippen LogP contribution >= 0.6 is 12.2 Å². The van der Waals surface area contributed by atoms with E-state index in [-0.39, 0.29) is 0 Å². The molecule has 0 radical (unpaired) electrons. The number of nitrogens with one attached hydrogen (secondary N) is 1. The van der Waals surface area contributed by atoms with Crippen molar-refractivity contribution >= 4 is 17.3 Å². The second kappa shape index (κ2) is 8.70. The van der Waals surface area contributed by atoms with Crippen LogP contribution in [0, 0.1) is 5.92 Å². The summed E-state index contributed by atoms with van der Waals surface area (Å²) in [6, 6.07) is 0. The number of likely N-dealkylation sites (N-methyl/N-ethyl adjacent to an activating group) is 1. The number of nitrogens with zero attached hydrogens (tertiary/aromatic N) is 2. The van der Waals surface area contributed by atoms with Crippen LogP contribution in [-0.4, -0.2) is 54.7 Å². The van der Waals surface area contributed by atoms with E-state index < -0.39 is 0 Å². The van der Waals surface area contributed by atoms with Gasteiger partial charge in [0.05, 0.1) is 0 Å². The van der Waals surface area contributed by atoms with Crippen molar-refractivity contribution in [2.24, 2.45) is 5.92 Å². The Balaban J connectivity index is 2.22. The van der Waals surface area contributed by atoms with Crippen molar-refractivity contribution in [2.75, 3.05) is 39.8 Å². The van der Waals surface area contributed by atoms with Crippen LogP contribution in [0.5, 0.6) is 0 Å². The third-order valence-corrected chi connectivity index (χ3v) is 4.28. The van der Waals surface area contributed by atoms with E-state index in [1.807, 2.05) is 0 Å². The summed E-state index contributed by atoms with van der Waals surface area (Å²) in [6.45, 7) is 9.95. The number of hydrogen-bond donors (Lipinski definition) is 1. The third kappa shape index (κ3) is 5.53. The van der Waals surface area contributed by atoms with Gasteiger partial charge in [-0.3, -0.25) is 0 Å². The van der Waals surface area contributed by atoms with Crippen molar-refractivity contribution in [1.82, 2.24) is 15.1 Å². The molecule has 4 heteroatoms. The zero-order chi connectivity index (χ0) is 13.4. The maximum atomic E-state index is 5.49. The highest BCUT2D eigenvalue weighted by Gasteiger charge is 2.16. The molecule has 1 fully saturated rings. The third-order valence-electron chi connectivity index (χ3n) is 3.88. The molecule has 1 N–H and O–H groups in total. The Morgan fingerprint density at radius 2 is 1.89 bits per heavy atom. The fourth-order valence-electron chi connectivity index (χ4n) is 2.30. The van der Waals surface area contributed by atoms with Crippen molar-refractivity contribution < 1.29 is 0 Å². The second-order valence-corrected chi connectivity index (χ2v) is 5.78. The molecule has 0 aromatic rings. The van der Waals surface area contributed by atoms with Gasteiger partial charge in [0.1, 0.15) is 0 Å². The minimum atomic E-state index is 0.773. The van der Waals surface area contributed by atoms with E-state index in [2.05, 4.69) is 36.0 Å². The van der Waals surface area contributed by atoms with E-state index in [9.17, 15) is 0 Å². The minimum Gasteiger partial charge on any atom is -0.362 e. The average molecular weight is 271 g/mol. The normalized spacial score (nSPS) is 18.7. The molecule has 0 aromatic heterocycles. The molecule has 0 bridgehead atoms. The predicted molar refractivity (Wildman–Crippen MR) is 83.0 cm³/mol. The van der Waals surface area contributed by atoms with Gasteiger partial charge in [0, 0.05) is 32.7 Å². The van der Waals surface area contributed by atoms with Gasteiger partial charge in [-0.05, 0) is 31.6 Å². The topological polar surface area (TPSA) is 18.5 Å². The number of rotatable bonds is 6. The zero-order valence-electron chi connectivity index (χ0n) is 12.2. The van der Waals surface area contributed by atoms with E-state index in [4.69, 9.17) is 12.2 Å². The smallest absolute Gasteiger partial charge is 0.169 e. The van der Waals surface area contributed by atoms with Gasteiger partial charge in [0.25, 0.3) is 0 Å². The van der Waals surface area contributed by atoms with Gasteiger partial charge < -0.3 is 15.1 Å². The lowest BCUT2D eigenvalue weighted by Crippen LogP contribution is -2.51. The van der Waals surface area contributed by atoms with Crippen LogP contribution in [-0.2, 0) is 0 Å². The first-order valence-corrected chi connectivity index (χ1v) is 7.79. The zero-order valence-corrected chi connectivity index (χ0v) is 13.1. The highest BCUT2D eigenvalue weighted by Crippen LogP contribution is 2.11. The Morgan fingerprint density at radius 1 is 1.22 bits per heavy atom. The summed E-state index contributed by atoms with van der Waals surface area (Å²) in [7, 11) is 2.17. The van der Waals surface area contributed by atoms with Gasteiger partial charge >= 0.3 is 0 Å². The number of piperazine rings is 1. The van der Waals surface area contributed by atoms with Gasteiger partial charge in [0.15, 0.2) is 5.11 Å². The lowest BCUT2D eigenvalue weighted by atomic mass is 9.99. The Labute approximate surface area is 118 Å². The van der Waals surface area contributed by atoms with Crippen molar-refractivity contribution in [3.05, 3.63) is 0 Å². The van der Waals surface area contributed by atoms with Gasteiger partial charge in [-0.2, -0.15) is 0 Å². The van der Waals surface area contributed by atoms with Crippen LogP contribution in [0.2, 0.25) is 0 Å². The van der Waals surface area contributed by atoms with Crippen molar-refractivity contribution in [1.29, 1.82) is 0 Å². The fraction of sp³-hybridized carbons (Fsp3) is 0.929. The molecule has 1 heterocycles. The standard InChI is InChI=1S/C14H29N3S/c1-4-6-7-13(5-2)12-15-14(18)17-10-8-16(3)9-11-17/h13H,4-12H2,1-3H3,(H,15,18). The quantitative estimate of drug-likeness (QED) is 0.747. The molecule has 0 saturated carbocycles. The maximum absolute atomic E-state index is 5.49. The highest BCUT2D eigenvalue weighted by atomic mass is 32.1. The molecule has 1 rings (SSSR count). The molecule has 1 unspecified atom stereocenters. The Kier molecular flexibility index (Phi) is 7.59. The van der Waals surface area contributed by atoms with E-state index in [1.165, 1.54) is 25.7 Å². The first-order valence-electron chi connectivity index (χ1n) is 7.38. The molecule has 1 atom stereocenters. The minimum absolute atomic E-state index is 0.773. The molecular formula is C14H29N3S. The molecular weight excluding hydrogens is 242 g/mol. The van der Waals surface area contributed by atoms with E-state index >= 15 is 0 Å². The summed E-state index contributed by atoms with van der Waals surface area (Å²) in [5, 5.41) is 4.42. The summed E-state index contributed by atoms with van der Waals surface area (Å²) in [5.74, 6) is 0.773. The second-order valence-electron chi connectivity index (χ2n) is 5.39. The number of hydrogen-bond acceptors (Lipinski definition) is 2. The van der Waals surface area contributed by atoms with Gasteiger partial charge in [-0.1, -0.05) is 33.1 Å². The first-order chi connectivity index (χ1) is 8.67. The monoisotopic (exact) mass is 271 g/mol. The summed E-state index contributed by atoms with van der Waals surface area (Å²) in [5.41, 5.74) is 0. The predicted octanol–water partition coefficient (Wildman–Crippen LogP) is 2.32. The largest absolute Gasteiger partial charge is 0.362 e. The van der Waals surface area contributed by atoms with Crippen LogP contribution in [0.15, 0.2) is 0 Å². The van der Waals surface area contributed by atoms with Gasteiger partial charge in [-0.15, -0.1) is 0 Å². The van der Waals surface area contributed by atoms with Crippen LogP contribution in [0.25, 0.3) is 0 Å². The van der Waals surface area contributed by atoms with Crippen LogP contribution < -0.4 is 5.32 Å². The SMILES string of the molecule is CCCCC(CC)CNC(=S)N1CCN(C)CC1. The molecule has 1 aliphatic rings. The molecule has 0 amide bonds. The maximum Gasteiger partial charge on any atom is 0.169 e. The summed E-state index contributed by atoms with van der Waals surface area (Å²) in [6.07, 6.45) is 5.20. The molecule has 1 aliphatic heterocycles. The van der Waals surface area contributed by atoms with Gasteiger partial charge in [0.2, 0.25) is 0 Å². The summed E-state index contributed by atoms with van der Waals surface area (Å²) < 4.78 is 0. The molecule has 18 heavy (non-hydrogen) atoms. The Morgan fingerprint density at radius 3 is 2.44 bits per heavy atom. The molecule has 0 aromatic carbocycles. The average Bonchev–Trinajstić information content (AvgIpc) is 2.39. The Hall–Kier alpha value is -0.350. The van der Waals surface area contributed by atoms with E-state index in [1.54, 1.807) is 0 Å². The number of unbranched alkanes of at least 4 members (excludes halogenated alkanes) is 1. The fourth-order valence-corrected chi connectivity index (χ4v) is 2.56. The number of thiocarbonyl (C=S) groups is 1. The lowest BCUT2D eigenvalue weighted by molar-refractivity contribution is 0.213. The van der Waals surface area contributed by atoms with Crippen LogP contribution in [0.3, 0.4) is 0 Å². The first kappa shape index (κ1) is 15.7. The van der Waals surface area contributed by atoms with E-state index in [0.29, 0.717) is 0 Å². The molecule has 3 nitrogen and oxygen atoms in total. The summed E-state index contributed by atoms with van der Waals surface area (Å²) >= 11 is 5.49. The molecule has 0 spiro atoms. The van der Waals surface area contributed by atoms with Gasteiger partial charge in [-0.25, -0.2) is 0 Å². The van der Waals surface area contributed by atoms with Crippen molar-refractivity contribution in [3.8, 4) is 0 Å². The Bertz CT molecular complexity index is 237. The molecule has 0 aliphatic carbocycles. The molecule has 106 valence electrons. The van der Waals surface area contributed by atoms with Crippen molar-refractivity contribution in [2.45, 2.75) is 39.5 Å². The van der Waals surface area contributed by atoms with Crippen LogP contribution in [0.1, 0.15) is 39.5 Å². The lowest BCUT2D eigenvalue weighted by Gasteiger charge is -2.34. The molecule has 1 saturated heterocycles. The van der Waals surface area contributed by atoms with Crippen molar-refractivity contribution in [3.63, 3.8) is 0 Å². The summed E-state index contributed by atoms with van der Waals surface area (Å²) in [4.78, 5) is 4.66.